The van der Waals surface area contributed by atoms with Gasteiger partial charge in [-0.1, -0.05) is 158 Å². The lowest BCUT2D eigenvalue weighted by atomic mass is 10.0. The van der Waals surface area contributed by atoms with E-state index in [1.54, 1.807) is 0 Å². The van der Waals surface area contributed by atoms with Gasteiger partial charge in [-0.15, -0.1) is 0 Å². The molecule has 4 nitrogen and oxygen atoms in total. The maximum absolute atomic E-state index is 5.11. The molecule has 0 fully saturated rings. The van der Waals surface area contributed by atoms with Crippen molar-refractivity contribution in [1.82, 2.24) is 19.5 Å². The molecule has 2 aromatic heterocycles. The molecule has 0 spiro atoms. The van der Waals surface area contributed by atoms with Crippen molar-refractivity contribution in [3.8, 4) is 51.0 Å². The Kier molecular flexibility index (Phi) is 6.78. The fourth-order valence-electron chi connectivity index (χ4n) is 7.40. The fraction of sp³-hybridized carbons (Fsp3) is 0. The Balaban J connectivity index is 1.06. The molecule has 8 aromatic carbocycles. The van der Waals surface area contributed by atoms with E-state index in [1.807, 2.05) is 0 Å². The summed E-state index contributed by atoms with van der Waals surface area (Å²) in [5.74, 6) is 1.96. The molecule has 0 saturated heterocycles. The van der Waals surface area contributed by atoms with E-state index in [-0.39, 0.29) is 0 Å². The summed E-state index contributed by atoms with van der Waals surface area (Å²) in [4.78, 5) is 15.3. The van der Waals surface area contributed by atoms with Crippen molar-refractivity contribution in [3.05, 3.63) is 182 Å². The second kappa shape index (κ2) is 11.9. The highest BCUT2D eigenvalue weighted by Crippen LogP contribution is 2.35. The summed E-state index contributed by atoms with van der Waals surface area (Å²) in [6.07, 6.45) is 0. The van der Waals surface area contributed by atoms with E-state index in [0.29, 0.717) is 17.5 Å². The third-order valence-electron chi connectivity index (χ3n) is 9.88. The van der Waals surface area contributed by atoms with Crippen LogP contribution in [0.25, 0.3) is 94.3 Å². The highest BCUT2D eigenvalue weighted by Gasteiger charge is 2.16. The molecule has 0 unspecified atom stereocenters. The smallest absolute Gasteiger partial charge is 0.164 e. The van der Waals surface area contributed by atoms with Gasteiger partial charge in [0.05, 0.1) is 11.0 Å². The minimum Gasteiger partial charge on any atom is -0.309 e. The Bertz CT molecular complexity index is 2740. The van der Waals surface area contributed by atoms with Crippen LogP contribution >= 0.6 is 0 Å². The Labute approximate surface area is 295 Å². The van der Waals surface area contributed by atoms with Gasteiger partial charge in [-0.25, -0.2) is 15.0 Å². The molecule has 238 valence electrons. The fourth-order valence-corrected chi connectivity index (χ4v) is 7.40. The van der Waals surface area contributed by atoms with Crippen LogP contribution in [-0.2, 0) is 0 Å². The topological polar surface area (TPSA) is 43.6 Å². The summed E-state index contributed by atoms with van der Waals surface area (Å²) in [7, 11) is 0. The summed E-state index contributed by atoms with van der Waals surface area (Å²) in [5, 5.41) is 7.05. The number of rotatable bonds is 5. The highest BCUT2D eigenvalue weighted by molar-refractivity contribution is 6.09. The van der Waals surface area contributed by atoms with Gasteiger partial charge in [-0.05, 0) is 56.9 Å². The molecule has 0 aliphatic heterocycles. The standard InChI is InChI=1S/C47H30N4/c1-3-15-37-33(11-1)13-9-19-41(37)46-48-45(49-47(50-46)42-20-10-14-34-12-2-4-16-38(34)42)35-25-23-31(24-26-35)32-27-29-36(30-28-32)51-43-21-7-5-17-39(43)40-18-6-8-22-44(40)51/h1-30H. The normalized spacial score (nSPS) is 11.5. The second-order valence-electron chi connectivity index (χ2n) is 12.9. The van der Waals surface area contributed by atoms with Crippen molar-refractivity contribution in [3.63, 3.8) is 0 Å². The quantitative estimate of drug-likeness (QED) is 0.186. The van der Waals surface area contributed by atoms with Crippen LogP contribution in [0.15, 0.2) is 182 Å². The maximum Gasteiger partial charge on any atom is 0.164 e. The van der Waals surface area contributed by atoms with Crippen LogP contribution in [0.1, 0.15) is 0 Å². The molecule has 10 aromatic rings. The van der Waals surface area contributed by atoms with Crippen LogP contribution < -0.4 is 0 Å². The minimum absolute atomic E-state index is 0.643. The monoisotopic (exact) mass is 650 g/mol. The molecular formula is C47H30N4. The number of nitrogens with zero attached hydrogens (tertiary/aromatic N) is 4. The Morgan fingerprint density at radius 2 is 0.686 bits per heavy atom. The number of hydrogen-bond acceptors (Lipinski definition) is 3. The van der Waals surface area contributed by atoms with Crippen molar-refractivity contribution in [2.75, 3.05) is 0 Å². The van der Waals surface area contributed by atoms with Crippen molar-refractivity contribution in [2.24, 2.45) is 0 Å². The lowest BCUT2D eigenvalue weighted by molar-refractivity contribution is 1.08. The van der Waals surface area contributed by atoms with Gasteiger partial charge < -0.3 is 4.57 Å². The lowest BCUT2D eigenvalue weighted by Gasteiger charge is -2.12. The van der Waals surface area contributed by atoms with Crippen molar-refractivity contribution < 1.29 is 0 Å². The third kappa shape index (κ3) is 4.96. The first-order valence-corrected chi connectivity index (χ1v) is 17.2. The zero-order valence-electron chi connectivity index (χ0n) is 27.6. The van der Waals surface area contributed by atoms with Crippen LogP contribution in [0.3, 0.4) is 0 Å². The average Bonchev–Trinajstić information content (AvgIpc) is 3.55. The average molecular weight is 651 g/mol. The highest BCUT2D eigenvalue weighted by atomic mass is 15.0. The summed E-state index contributed by atoms with van der Waals surface area (Å²) in [6.45, 7) is 0. The molecule has 2 heterocycles. The van der Waals surface area contributed by atoms with E-state index >= 15 is 0 Å². The zero-order chi connectivity index (χ0) is 33.7. The molecule has 0 radical (unpaired) electrons. The summed E-state index contributed by atoms with van der Waals surface area (Å²) in [5.41, 5.74) is 8.74. The van der Waals surface area contributed by atoms with Gasteiger partial charge in [0.25, 0.3) is 0 Å². The zero-order valence-corrected chi connectivity index (χ0v) is 27.6. The molecule has 4 heteroatoms. The molecule has 0 amide bonds. The molecule has 0 aliphatic rings. The van der Waals surface area contributed by atoms with Gasteiger partial charge in [-0.2, -0.15) is 0 Å². The van der Waals surface area contributed by atoms with Gasteiger partial charge in [0, 0.05) is 33.2 Å². The number of hydrogen-bond donors (Lipinski definition) is 0. The van der Waals surface area contributed by atoms with E-state index in [9.17, 15) is 0 Å². The first-order valence-electron chi connectivity index (χ1n) is 17.2. The van der Waals surface area contributed by atoms with Gasteiger partial charge >= 0.3 is 0 Å². The van der Waals surface area contributed by atoms with Gasteiger partial charge in [0.2, 0.25) is 0 Å². The number of fused-ring (bicyclic) bond motifs is 5. The molecule has 10 rings (SSSR count). The predicted octanol–water partition coefficient (Wildman–Crippen LogP) is 11.9. The molecule has 51 heavy (non-hydrogen) atoms. The van der Waals surface area contributed by atoms with Gasteiger partial charge in [-0.3, -0.25) is 0 Å². The molecular weight excluding hydrogens is 621 g/mol. The summed E-state index contributed by atoms with van der Waals surface area (Å²) in [6, 6.07) is 63.9. The van der Waals surface area contributed by atoms with Crippen LogP contribution in [0.2, 0.25) is 0 Å². The van der Waals surface area contributed by atoms with Crippen molar-refractivity contribution in [1.29, 1.82) is 0 Å². The minimum atomic E-state index is 0.643. The molecule has 0 atom stereocenters. The van der Waals surface area contributed by atoms with E-state index in [4.69, 9.17) is 15.0 Å². The summed E-state index contributed by atoms with van der Waals surface area (Å²) < 4.78 is 2.35. The van der Waals surface area contributed by atoms with E-state index in [1.165, 1.54) is 21.8 Å². The van der Waals surface area contributed by atoms with E-state index in [0.717, 1.165) is 55.0 Å². The van der Waals surface area contributed by atoms with Crippen LogP contribution in [0.4, 0.5) is 0 Å². The third-order valence-corrected chi connectivity index (χ3v) is 9.88. The van der Waals surface area contributed by atoms with Crippen LogP contribution in [0.5, 0.6) is 0 Å². The Morgan fingerprint density at radius 1 is 0.294 bits per heavy atom. The largest absolute Gasteiger partial charge is 0.309 e. The van der Waals surface area contributed by atoms with Gasteiger partial charge in [0.1, 0.15) is 0 Å². The number of benzene rings is 8. The Hall–Kier alpha value is -6.91. The Morgan fingerprint density at radius 3 is 1.22 bits per heavy atom. The first-order chi connectivity index (χ1) is 25.3. The number of para-hydroxylation sites is 2. The van der Waals surface area contributed by atoms with Crippen LogP contribution in [0, 0.1) is 0 Å². The maximum atomic E-state index is 5.11. The van der Waals surface area contributed by atoms with Crippen molar-refractivity contribution in [2.45, 2.75) is 0 Å². The van der Waals surface area contributed by atoms with E-state index < -0.39 is 0 Å². The van der Waals surface area contributed by atoms with Crippen molar-refractivity contribution >= 4 is 43.4 Å². The van der Waals surface area contributed by atoms with E-state index in [2.05, 4.69) is 187 Å². The van der Waals surface area contributed by atoms with Crippen LogP contribution in [-0.4, -0.2) is 19.5 Å². The van der Waals surface area contributed by atoms with Gasteiger partial charge in [0.15, 0.2) is 17.5 Å². The molecule has 0 bridgehead atoms. The molecule has 0 aliphatic carbocycles. The summed E-state index contributed by atoms with van der Waals surface area (Å²) >= 11 is 0. The predicted molar refractivity (Wildman–Crippen MR) is 211 cm³/mol. The first kappa shape index (κ1) is 29.0. The second-order valence-corrected chi connectivity index (χ2v) is 12.9. The SMILES string of the molecule is c1ccc2c(-c3nc(-c4ccc(-c5ccc(-n6c7ccccc7c7ccccc76)cc5)cc4)nc(-c4cccc5ccccc45)n3)cccc2c1. The number of aromatic nitrogens is 4. The molecule has 0 saturated carbocycles. The lowest BCUT2D eigenvalue weighted by Crippen LogP contribution is -2.01. The molecule has 0 N–H and O–H groups in total.